The average molecular weight is 578 g/mol. The van der Waals surface area contributed by atoms with Gasteiger partial charge in [-0.3, -0.25) is 0 Å². The largest absolute Gasteiger partial charge is 0.647 e. The minimum Gasteiger partial charge on any atom is -0.402 e. The molecule has 3 aromatic rings. The first-order valence-corrected chi connectivity index (χ1v) is 11.2. The van der Waals surface area contributed by atoms with Gasteiger partial charge in [-0.2, -0.15) is 4.57 Å². The van der Waals surface area contributed by atoms with Crippen molar-refractivity contribution < 1.29 is 71.9 Å². The van der Waals surface area contributed by atoms with Gasteiger partial charge in [0, 0.05) is 0 Å². The number of hydrogen-bond acceptors (Lipinski definition) is 7. The van der Waals surface area contributed by atoms with Gasteiger partial charge in [0.25, 0.3) is 0 Å². The first-order valence-electron chi connectivity index (χ1n) is 9.75. The molecule has 0 aliphatic carbocycles. The van der Waals surface area contributed by atoms with Gasteiger partial charge in [-0.25, -0.2) is 0 Å². The van der Waals surface area contributed by atoms with Crippen molar-refractivity contribution in [1.29, 1.82) is 0 Å². The Hall–Kier alpha value is -3.94. The third-order valence-electron chi connectivity index (χ3n) is 3.85. The van der Waals surface area contributed by atoms with Crippen LogP contribution >= 0.6 is 7.82 Å². The van der Waals surface area contributed by atoms with E-state index in [1.807, 2.05) is 0 Å². The first-order chi connectivity index (χ1) is 17.5. The Morgan fingerprint density at radius 3 is 0.842 bits per heavy atom. The molecular formula is C21H12F9O7P. The lowest BCUT2D eigenvalue weighted by atomic mass is 10.3. The summed E-state index contributed by atoms with van der Waals surface area (Å²) in [6.45, 7) is 0. The summed E-state index contributed by atoms with van der Waals surface area (Å²) in [6, 6.07) is 10.9. The number of rotatable bonds is 9. The molecule has 3 aromatic carbocycles. The minimum absolute atomic E-state index is 0.717. The second kappa shape index (κ2) is 10.8. The third kappa shape index (κ3) is 8.87. The summed E-state index contributed by atoms with van der Waals surface area (Å²) in [4.78, 5) is 0. The fourth-order valence-corrected chi connectivity index (χ4v) is 3.91. The van der Waals surface area contributed by atoms with Crippen LogP contribution in [0, 0.1) is 0 Å². The molecule has 0 saturated heterocycles. The van der Waals surface area contributed by atoms with Crippen LogP contribution in [0.2, 0.25) is 0 Å². The van der Waals surface area contributed by atoms with Gasteiger partial charge in [-0.05, 0) is 36.4 Å². The molecule has 0 saturated carbocycles. The normalized spacial score (nSPS) is 12.4. The molecule has 0 unspecified atom stereocenters. The van der Waals surface area contributed by atoms with Crippen molar-refractivity contribution in [3.8, 4) is 34.5 Å². The second-order valence-electron chi connectivity index (χ2n) is 6.70. The van der Waals surface area contributed by atoms with E-state index in [0.29, 0.717) is 18.2 Å². The third-order valence-corrected chi connectivity index (χ3v) is 5.12. The predicted octanol–water partition coefficient (Wildman–Crippen LogP) is 8.03. The highest BCUT2D eigenvalue weighted by atomic mass is 31.2. The fraction of sp³-hybridized carbons (Fsp3) is 0.143. The molecule has 0 N–H and O–H groups in total. The summed E-state index contributed by atoms with van der Waals surface area (Å²) >= 11 is 0. The van der Waals surface area contributed by atoms with E-state index in [1.54, 1.807) is 0 Å². The number of ether oxygens (including phenoxy) is 3. The van der Waals surface area contributed by atoms with Crippen LogP contribution in [-0.2, 0) is 4.57 Å². The first kappa shape index (κ1) is 28.6. The molecule has 3 rings (SSSR count). The van der Waals surface area contributed by atoms with Crippen molar-refractivity contribution in [3.63, 3.8) is 0 Å². The number of alkyl halides is 9. The zero-order chi connectivity index (χ0) is 28.2. The summed E-state index contributed by atoms with van der Waals surface area (Å²) < 4.78 is 155. The molecule has 0 atom stereocenters. The van der Waals surface area contributed by atoms with Crippen molar-refractivity contribution in [2.45, 2.75) is 19.1 Å². The lowest BCUT2D eigenvalue weighted by Gasteiger charge is -2.23. The van der Waals surface area contributed by atoms with Crippen LogP contribution in [0.1, 0.15) is 0 Å². The van der Waals surface area contributed by atoms with Gasteiger partial charge >= 0.3 is 26.9 Å². The molecule has 0 heterocycles. The van der Waals surface area contributed by atoms with Crippen molar-refractivity contribution in [2.24, 2.45) is 0 Å². The van der Waals surface area contributed by atoms with E-state index in [1.165, 1.54) is 0 Å². The number of phosphoric acid groups is 1. The molecule has 0 aliphatic heterocycles. The molecular weight excluding hydrogens is 566 g/mol. The van der Waals surface area contributed by atoms with Crippen molar-refractivity contribution >= 4 is 7.82 Å². The highest BCUT2D eigenvalue weighted by Crippen LogP contribution is 2.55. The maximum Gasteiger partial charge on any atom is 0.647 e. The molecule has 17 heteroatoms. The summed E-state index contributed by atoms with van der Waals surface area (Å²) in [7, 11) is -5.50. The molecule has 0 fully saturated rings. The second-order valence-corrected chi connectivity index (χ2v) is 8.15. The van der Waals surface area contributed by atoms with Crippen molar-refractivity contribution in [2.75, 3.05) is 0 Å². The van der Waals surface area contributed by atoms with E-state index < -0.39 is 61.4 Å². The van der Waals surface area contributed by atoms with Gasteiger partial charge in [-0.15, -0.1) is 39.5 Å². The van der Waals surface area contributed by atoms with Crippen LogP contribution < -0.4 is 27.8 Å². The highest BCUT2D eigenvalue weighted by Gasteiger charge is 2.41. The Morgan fingerprint density at radius 2 is 0.632 bits per heavy atom. The maximum absolute atomic E-state index is 13.6. The Labute approximate surface area is 206 Å². The highest BCUT2D eigenvalue weighted by molar-refractivity contribution is 7.49. The Morgan fingerprint density at radius 1 is 0.421 bits per heavy atom. The smallest absolute Gasteiger partial charge is 0.402 e. The topological polar surface area (TPSA) is 72.5 Å². The van der Waals surface area contributed by atoms with E-state index in [2.05, 4.69) is 14.2 Å². The number of hydrogen-bond donors (Lipinski definition) is 0. The zero-order valence-electron chi connectivity index (χ0n) is 18.1. The molecule has 0 radical (unpaired) electrons. The van der Waals surface area contributed by atoms with E-state index in [4.69, 9.17) is 13.6 Å². The van der Waals surface area contributed by atoms with Crippen LogP contribution in [0.5, 0.6) is 34.5 Å². The predicted molar refractivity (Wildman–Crippen MR) is 109 cm³/mol. The number of benzene rings is 3. The molecule has 206 valence electrons. The number of phosphoric ester groups is 1. The Kier molecular flexibility index (Phi) is 8.15. The van der Waals surface area contributed by atoms with Gasteiger partial charge in [-0.1, -0.05) is 36.4 Å². The summed E-state index contributed by atoms with van der Waals surface area (Å²) in [5.74, 6) is -6.16. The Bertz CT molecular complexity index is 1140. The molecule has 0 bridgehead atoms. The van der Waals surface area contributed by atoms with Crippen LogP contribution in [0.4, 0.5) is 39.5 Å². The summed E-state index contributed by atoms with van der Waals surface area (Å²) in [5.41, 5.74) is 0. The molecule has 38 heavy (non-hydrogen) atoms. The van der Waals surface area contributed by atoms with Gasteiger partial charge in [0.15, 0.2) is 34.5 Å². The van der Waals surface area contributed by atoms with E-state index >= 15 is 0 Å². The van der Waals surface area contributed by atoms with Crippen LogP contribution in [0.15, 0.2) is 72.8 Å². The molecule has 0 amide bonds. The van der Waals surface area contributed by atoms with Crippen LogP contribution in [0.3, 0.4) is 0 Å². The molecule has 7 nitrogen and oxygen atoms in total. The monoisotopic (exact) mass is 578 g/mol. The Balaban J connectivity index is 2.07. The van der Waals surface area contributed by atoms with Crippen molar-refractivity contribution in [3.05, 3.63) is 72.8 Å². The summed E-state index contributed by atoms with van der Waals surface area (Å²) in [6.07, 6.45) is -15.8. The molecule has 0 aromatic heterocycles. The van der Waals surface area contributed by atoms with Gasteiger partial charge in [0.1, 0.15) is 0 Å². The van der Waals surface area contributed by atoms with Gasteiger partial charge in [0.2, 0.25) is 0 Å². The molecule has 0 aliphatic rings. The maximum atomic E-state index is 13.6. The zero-order valence-corrected chi connectivity index (χ0v) is 19.0. The average Bonchev–Trinajstić information content (AvgIpc) is 2.75. The van der Waals surface area contributed by atoms with Gasteiger partial charge in [0.05, 0.1) is 0 Å². The van der Waals surface area contributed by atoms with E-state index in [-0.39, 0.29) is 0 Å². The summed E-state index contributed by atoms with van der Waals surface area (Å²) in [5, 5.41) is 0. The lowest BCUT2D eigenvalue weighted by molar-refractivity contribution is -0.275. The van der Waals surface area contributed by atoms with Gasteiger partial charge < -0.3 is 27.8 Å². The number of para-hydroxylation sites is 6. The van der Waals surface area contributed by atoms with Crippen LogP contribution in [0.25, 0.3) is 0 Å². The van der Waals surface area contributed by atoms with E-state index in [0.717, 1.165) is 54.6 Å². The quantitative estimate of drug-likeness (QED) is 0.188. The SMILES string of the molecule is O=P(Oc1ccccc1OC(F)(F)F)(Oc1ccccc1OC(F)(F)F)Oc1ccccc1OC(F)(F)F. The lowest BCUT2D eigenvalue weighted by Crippen LogP contribution is -2.19. The minimum atomic E-state index is -5.50. The number of halogens is 9. The fourth-order valence-electron chi connectivity index (χ4n) is 2.62. The standard InChI is InChI=1S/C21H12F9O7P/c22-19(23,24)32-13-7-1-4-10-16(13)35-38(31,36-17-11-5-2-8-14(17)33-20(25,26)27)37-18-12-6-3-9-15(18)34-21(28,29)30/h1-12H. The van der Waals surface area contributed by atoms with E-state index in [9.17, 15) is 44.1 Å². The van der Waals surface area contributed by atoms with Crippen LogP contribution in [-0.4, -0.2) is 19.1 Å². The molecule has 0 spiro atoms. The van der Waals surface area contributed by atoms with Crippen molar-refractivity contribution in [1.82, 2.24) is 0 Å².